The molecule has 1 aliphatic rings. The standard InChI is InChI=1S/C19H27N3O2/c1-4-13(2)16(21-14(3)19(20)24)9-10-18(23)22-12-11-15-7-5-6-8-17(15)22/h5-10,13-14,16,21H,4,11-12H2,1-3H3,(H2,20,24)/b10-9+/t13-,14-,16+/m0/s1. The summed E-state index contributed by atoms with van der Waals surface area (Å²) >= 11 is 0. The minimum Gasteiger partial charge on any atom is -0.368 e. The third-order valence-corrected chi connectivity index (χ3v) is 4.73. The molecular formula is C19H27N3O2. The quantitative estimate of drug-likeness (QED) is 0.751. The Kier molecular flexibility index (Phi) is 6.15. The van der Waals surface area contributed by atoms with Crippen molar-refractivity contribution in [2.75, 3.05) is 11.4 Å². The van der Waals surface area contributed by atoms with Crippen LogP contribution in [0.2, 0.25) is 0 Å². The molecule has 0 fully saturated rings. The number of anilines is 1. The summed E-state index contributed by atoms with van der Waals surface area (Å²) in [5, 5.41) is 3.20. The number of nitrogens with one attached hydrogen (secondary N) is 1. The normalized spacial score (nSPS) is 17.5. The van der Waals surface area contributed by atoms with Crippen molar-refractivity contribution in [2.45, 2.75) is 45.7 Å². The monoisotopic (exact) mass is 329 g/mol. The van der Waals surface area contributed by atoms with Gasteiger partial charge in [0.2, 0.25) is 5.91 Å². The predicted octanol–water partition coefficient (Wildman–Crippen LogP) is 2.01. The van der Waals surface area contributed by atoms with Crippen molar-refractivity contribution >= 4 is 17.5 Å². The topological polar surface area (TPSA) is 75.4 Å². The Labute approximate surface area is 143 Å². The van der Waals surface area contributed by atoms with E-state index in [2.05, 4.69) is 25.2 Å². The first-order valence-electron chi connectivity index (χ1n) is 8.57. The maximum absolute atomic E-state index is 12.6. The molecule has 0 saturated carbocycles. The highest BCUT2D eigenvalue weighted by Gasteiger charge is 2.23. The van der Waals surface area contributed by atoms with E-state index in [4.69, 9.17) is 5.73 Å². The molecule has 0 bridgehead atoms. The van der Waals surface area contributed by atoms with Gasteiger partial charge in [-0.15, -0.1) is 0 Å². The number of nitrogens with two attached hydrogens (primary N) is 1. The Morgan fingerprint density at radius 1 is 1.33 bits per heavy atom. The van der Waals surface area contributed by atoms with Crippen LogP contribution in [0.15, 0.2) is 36.4 Å². The van der Waals surface area contributed by atoms with Gasteiger partial charge in [0.15, 0.2) is 0 Å². The van der Waals surface area contributed by atoms with Gasteiger partial charge in [-0.25, -0.2) is 0 Å². The summed E-state index contributed by atoms with van der Waals surface area (Å²) in [6.07, 6.45) is 5.30. The second kappa shape index (κ2) is 8.11. The highest BCUT2D eigenvalue weighted by molar-refractivity contribution is 6.02. The van der Waals surface area contributed by atoms with Crippen LogP contribution in [-0.4, -0.2) is 30.4 Å². The van der Waals surface area contributed by atoms with E-state index in [1.807, 2.05) is 24.3 Å². The number of para-hydroxylation sites is 1. The van der Waals surface area contributed by atoms with E-state index in [0.717, 1.165) is 18.5 Å². The van der Waals surface area contributed by atoms with E-state index < -0.39 is 11.9 Å². The van der Waals surface area contributed by atoms with Crippen LogP contribution in [0, 0.1) is 5.92 Å². The van der Waals surface area contributed by atoms with E-state index >= 15 is 0 Å². The number of rotatable bonds is 7. The summed E-state index contributed by atoms with van der Waals surface area (Å²) in [6, 6.07) is 7.48. The zero-order valence-electron chi connectivity index (χ0n) is 14.7. The Balaban J connectivity index is 2.08. The van der Waals surface area contributed by atoms with Gasteiger partial charge in [-0.3, -0.25) is 14.9 Å². The molecule has 1 aliphatic heterocycles. The number of amides is 2. The molecule has 5 heteroatoms. The lowest BCUT2D eigenvalue weighted by Crippen LogP contribution is -2.46. The summed E-state index contributed by atoms with van der Waals surface area (Å²) < 4.78 is 0. The molecule has 0 unspecified atom stereocenters. The summed E-state index contributed by atoms with van der Waals surface area (Å²) in [7, 11) is 0. The molecule has 1 aromatic rings. The Hall–Kier alpha value is -2.14. The van der Waals surface area contributed by atoms with Crippen LogP contribution in [0.4, 0.5) is 5.69 Å². The van der Waals surface area contributed by atoms with E-state index in [1.165, 1.54) is 5.56 Å². The molecule has 0 radical (unpaired) electrons. The van der Waals surface area contributed by atoms with Crippen molar-refractivity contribution in [3.63, 3.8) is 0 Å². The van der Waals surface area contributed by atoms with Crippen molar-refractivity contribution in [3.05, 3.63) is 42.0 Å². The van der Waals surface area contributed by atoms with Crippen molar-refractivity contribution in [1.82, 2.24) is 5.32 Å². The minimum absolute atomic E-state index is 0.0261. The fourth-order valence-corrected chi connectivity index (χ4v) is 2.88. The van der Waals surface area contributed by atoms with Gasteiger partial charge in [-0.1, -0.05) is 44.5 Å². The number of hydrogen-bond donors (Lipinski definition) is 2. The molecule has 3 N–H and O–H groups in total. The fraction of sp³-hybridized carbons (Fsp3) is 0.474. The molecule has 24 heavy (non-hydrogen) atoms. The lowest BCUT2D eigenvalue weighted by Gasteiger charge is -2.24. The number of benzene rings is 1. The van der Waals surface area contributed by atoms with Crippen LogP contribution in [-0.2, 0) is 16.0 Å². The number of hydrogen-bond acceptors (Lipinski definition) is 3. The number of nitrogens with zero attached hydrogens (tertiary/aromatic N) is 1. The average molecular weight is 329 g/mol. The highest BCUT2D eigenvalue weighted by Crippen LogP contribution is 2.27. The van der Waals surface area contributed by atoms with E-state index in [1.54, 1.807) is 17.9 Å². The lowest BCUT2D eigenvalue weighted by atomic mass is 9.97. The van der Waals surface area contributed by atoms with Crippen LogP contribution < -0.4 is 16.0 Å². The molecule has 2 rings (SSSR count). The van der Waals surface area contributed by atoms with Gasteiger partial charge in [0, 0.05) is 24.4 Å². The van der Waals surface area contributed by atoms with Gasteiger partial charge < -0.3 is 10.6 Å². The number of carbonyl (C=O) groups is 2. The smallest absolute Gasteiger partial charge is 0.250 e. The molecule has 0 aromatic heterocycles. The summed E-state index contributed by atoms with van der Waals surface area (Å²) in [5.74, 6) is -0.125. The Morgan fingerprint density at radius 2 is 2.04 bits per heavy atom. The summed E-state index contributed by atoms with van der Waals surface area (Å²) in [6.45, 7) is 6.62. The third kappa shape index (κ3) is 4.23. The SMILES string of the molecule is CC[C@H](C)[C@@H](/C=C/C(=O)N1CCc2ccccc21)N[C@@H](C)C(N)=O. The number of primary amides is 1. The van der Waals surface area contributed by atoms with Gasteiger partial charge in [-0.2, -0.15) is 0 Å². The predicted molar refractivity (Wildman–Crippen MR) is 96.7 cm³/mol. The first-order valence-corrected chi connectivity index (χ1v) is 8.57. The highest BCUT2D eigenvalue weighted by atomic mass is 16.2. The molecular weight excluding hydrogens is 302 g/mol. The van der Waals surface area contributed by atoms with Crippen molar-refractivity contribution in [1.29, 1.82) is 0 Å². The molecule has 3 atom stereocenters. The van der Waals surface area contributed by atoms with Gasteiger partial charge in [0.25, 0.3) is 5.91 Å². The van der Waals surface area contributed by atoms with Gasteiger partial charge in [-0.05, 0) is 30.9 Å². The van der Waals surface area contributed by atoms with Crippen LogP contribution in [0.3, 0.4) is 0 Å². The zero-order chi connectivity index (χ0) is 17.7. The summed E-state index contributed by atoms with van der Waals surface area (Å²) in [4.78, 5) is 25.7. The average Bonchev–Trinajstić information content (AvgIpc) is 3.01. The molecule has 0 spiro atoms. The van der Waals surface area contributed by atoms with Crippen molar-refractivity contribution < 1.29 is 9.59 Å². The molecule has 2 amide bonds. The first kappa shape index (κ1) is 18.2. The molecule has 130 valence electrons. The second-order valence-corrected chi connectivity index (χ2v) is 6.43. The molecule has 0 aliphatic carbocycles. The van der Waals surface area contributed by atoms with Crippen LogP contribution >= 0.6 is 0 Å². The molecule has 1 heterocycles. The summed E-state index contributed by atoms with van der Waals surface area (Å²) in [5.41, 5.74) is 7.53. The zero-order valence-corrected chi connectivity index (χ0v) is 14.7. The Bertz CT molecular complexity index is 627. The van der Waals surface area contributed by atoms with E-state index in [9.17, 15) is 9.59 Å². The van der Waals surface area contributed by atoms with Crippen molar-refractivity contribution in [3.8, 4) is 0 Å². The number of carbonyl (C=O) groups excluding carboxylic acids is 2. The Morgan fingerprint density at radius 3 is 2.71 bits per heavy atom. The fourth-order valence-electron chi connectivity index (χ4n) is 2.88. The van der Waals surface area contributed by atoms with E-state index in [0.29, 0.717) is 12.5 Å². The minimum atomic E-state index is -0.434. The van der Waals surface area contributed by atoms with Gasteiger partial charge in [0.05, 0.1) is 6.04 Å². The van der Waals surface area contributed by atoms with Crippen LogP contribution in [0.1, 0.15) is 32.8 Å². The molecule has 0 saturated heterocycles. The largest absolute Gasteiger partial charge is 0.368 e. The lowest BCUT2D eigenvalue weighted by molar-refractivity contribution is -0.119. The first-order chi connectivity index (χ1) is 11.4. The molecule has 1 aromatic carbocycles. The molecule has 5 nitrogen and oxygen atoms in total. The number of fused-ring (bicyclic) bond motifs is 1. The van der Waals surface area contributed by atoms with Crippen LogP contribution in [0.25, 0.3) is 0 Å². The van der Waals surface area contributed by atoms with Crippen molar-refractivity contribution in [2.24, 2.45) is 11.7 Å². The van der Waals surface area contributed by atoms with E-state index in [-0.39, 0.29) is 11.9 Å². The maximum Gasteiger partial charge on any atom is 0.250 e. The van der Waals surface area contributed by atoms with Gasteiger partial charge >= 0.3 is 0 Å². The second-order valence-electron chi connectivity index (χ2n) is 6.43. The maximum atomic E-state index is 12.6. The third-order valence-electron chi connectivity index (χ3n) is 4.73. The van der Waals surface area contributed by atoms with Crippen LogP contribution in [0.5, 0.6) is 0 Å². The van der Waals surface area contributed by atoms with Gasteiger partial charge in [0.1, 0.15) is 0 Å².